The molecule has 1 amide bonds. The molecule has 0 radical (unpaired) electrons. The van der Waals surface area contributed by atoms with Gasteiger partial charge in [0, 0.05) is 10.3 Å². The number of hydrogen-bond acceptors (Lipinski definition) is 4. The van der Waals surface area contributed by atoms with Gasteiger partial charge >= 0.3 is 5.97 Å². The lowest BCUT2D eigenvalue weighted by molar-refractivity contribution is -0.152. The molecule has 2 N–H and O–H groups in total. The molecule has 0 spiro atoms. The fourth-order valence-corrected chi connectivity index (χ4v) is 5.84. The van der Waals surface area contributed by atoms with E-state index in [1.54, 1.807) is 6.07 Å². The zero-order valence-electron chi connectivity index (χ0n) is 16.1. The Morgan fingerprint density at radius 2 is 1.97 bits per heavy atom. The summed E-state index contributed by atoms with van der Waals surface area (Å²) >= 11 is 7.61. The quantitative estimate of drug-likeness (QED) is 0.650. The van der Waals surface area contributed by atoms with Gasteiger partial charge in [-0.1, -0.05) is 60.2 Å². The maximum atomic E-state index is 13.0. The Balaban J connectivity index is 1.84. The van der Waals surface area contributed by atoms with E-state index in [1.807, 2.05) is 31.2 Å². The lowest BCUT2D eigenvalue weighted by Gasteiger charge is -2.39. The highest BCUT2D eigenvalue weighted by atomic mass is 35.5. The average Bonchev–Trinajstić information content (AvgIpc) is 3.45. The first-order chi connectivity index (χ1) is 13.9. The van der Waals surface area contributed by atoms with E-state index < -0.39 is 16.7 Å². The summed E-state index contributed by atoms with van der Waals surface area (Å²) in [6.45, 7) is 2.13. The molecule has 1 heterocycles. The van der Waals surface area contributed by atoms with E-state index in [0.717, 1.165) is 16.0 Å². The number of amides is 1. The van der Waals surface area contributed by atoms with Gasteiger partial charge < -0.3 is 10.5 Å². The highest BCUT2D eigenvalue weighted by Crippen LogP contribution is 2.65. The van der Waals surface area contributed by atoms with Gasteiger partial charge in [0.1, 0.15) is 0 Å². The van der Waals surface area contributed by atoms with Crippen LogP contribution in [0.5, 0.6) is 0 Å². The lowest BCUT2D eigenvalue weighted by atomic mass is 9.65. The summed E-state index contributed by atoms with van der Waals surface area (Å²) in [5, 5.41) is 0. The number of esters is 1. The first-order valence-electron chi connectivity index (χ1n) is 9.65. The molecule has 1 atom stereocenters. The number of carbonyl (C=O) groups is 2. The number of benzene rings is 1. The Morgan fingerprint density at radius 1 is 1.24 bits per heavy atom. The number of carbonyl (C=O) groups excluding carboxylic acids is 2. The van der Waals surface area contributed by atoms with Crippen LogP contribution >= 0.6 is 22.9 Å². The predicted molar refractivity (Wildman–Crippen MR) is 116 cm³/mol. The molecule has 1 unspecified atom stereocenters. The standard InChI is InChI=1S/C23H22ClNO3S/c1-2-28-21(27)23(12-13-23)22(19-17(20(25)26)14-18(24)29-19)10-8-16(9-11-22)15-6-4-3-5-7-15/h3-10,14H,2,11-13H2,1H3,(H2,25,26). The minimum Gasteiger partial charge on any atom is -0.466 e. The van der Waals surface area contributed by atoms with E-state index in [1.165, 1.54) is 11.3 Å². The van der Waals surface area contributed by atoms with E-state index in [0.29, 0.717) is 35.8 Å². The van der Waals surface area contributed by atoms with Crippen molar-refractivity contribution < 1.29 is 14.3 Å². The molecule has 1 fully saturated rings. The second-order valence-electron chi connectivity index (χ2n) is 7.49. The Hall–Kier alpha value is -2.37. The van der Waals surface area contributed by atoms with Crippen molar-refractivity contribution in [1.82, 2.24) is 0 Å². The van der Waals surface area contributed by atoms with Gasteiger partial charge in [0.25, 0.3) is 0 Å². The van der Waals surface area contributed by atoms with Crippen LogP contribution in [0.15, 0.2) is 54.6 Å². The van der Waals surface area contributed by atoms with Crippen molar-refractivity contribution in [3.63, 3.8) is 0 Å². The summed E-state index contributed by atoms with van der Waals surface area (Å²) in [5.41, 5.74) is 6.85. The first kappa shape index (κ1) is 19.9. The number of primary amides is 1. The molecule has 6 heteroatoms. The molecule has 2 aliphatic carbocycles. The zero-order chi connectivity index (χ0) is 20.6. The Kier molecular flexibility index (Phi) is 5.13. The van der Waals surface area contributed by atoms with Gasteiger partial charge in [-0.2, -0.15) is 0 Å². The van der Waals surface area contributed by atoms with E-state index >= 15 is 0 Å². The normalized spacial score (nSPS) is 22.1. The van der Waals surface area contributed by atoms with Crippen LogP contribution in [0.1, 0.15) is 47.0 Å². The number of ether oxygens (including phenoxy) is 1. The molecule has 1 aromatic carbocycles. The third kappa shape index (κ3) is 3.22. The van der Waals surface area contributed by atoms with Crippen molar-refractivity contribution in [2.75, 3.05) is 6.61 Å². The molecular formula is C23H22ClNO3S. The molecule has 4 rings (SSSR count). The molecule has 2 aromatic rings. The highest BCUT2D eigenvalue weighted by molar-refractivity contribution is 7.16. The van der Waals surface area contributed by atoms with Gasteiger partial charge in [0.05, 0.1) is 21.9 Å². The van der Waals surface area contributed by atoms with Gasteiger partial charge in [-0.15, -0.1) is 11.3 Å². The first-order valence-corrected chi connectivity index (χ1v) is 10.8. The Bertz CT molecular complexity index is 1020. The van der Waals surface area contributed by atoms with Gasteiger partial charge in [0.2, 0.25) is 5.91 Å². The molecule has 1 saturated carbocycles. The van der Waals surface area contributed by atoms with Crippen molar-refractivity contribution in [2.45, 2.75) is 31.6 Å². The Morgan fingerprint density at radius 3 is 2.52 bits per heavy atom. The molecule has 2 aliphatic rings. The SMILES string of the molecule is CCOC(=O)C1(C2(c3sc(Cl)cc3C(N)=O)C=CC(c3ccccc3)=CC2)CC1. The van der Waals surface area contributed by atoms with E-state index in [4.69, 9.17) is 22.1 Å². The Labute approximate surface area is 179 Å². The zero-order valence-corrected chi connectivity index (χ0v) is 17.7. The van der Waals surface area contributed by atoms with Crippen molar-refractivity contribution in [3.8, 4) is 0 Å². The molecule has 4 nitrogen and oxygen atoms in total. The van der Waals surface area contributed by atoms with Gasteiger partial charge in [-0.25, -0.2) is 0 Å². The van der Waals surface area contributed by atoms with E-state index in [2.05, 4.69) is 24.3 Å². The van der Waals surface area contributed by atoms with Crippen LogP contribution < -0.4 is 5.73 Å². The summed E-state index contributed by atoms with van der Waals surface area (Å²) in [4.78, 5) is 25.9. The monoisotopic (exact) mass is 427 g/mol. The van der Waals surface area contributed by atoms with Gasteiger partial charge in [0.15, 0.2) is 0 Å². The van der Waals surface area contributed by atoms with E-state index in [9.17, 15) is 9.59 Å². The fraction of sp³-hybridized carbons (Fsp3) is 0.304. The van der Waals surface area contributed by atoms with Crippen LogP contribution in [0.4, 0.5) is 0 Å². The summed E-state index contributed by atoms with van der Waals surface area (Å²) < 4.78 is 5.93. The summed E-state index contributed by atoms with van der Waals surface area (Å²) in [5.74, 6) is -0.755. The molecule has 1 aromatic heterocycles. The molecule has 0 bridgehead atoms. The van der Waals surface area contributed by atoms with Crippen LogP contribution in [-0.2, 0) is 14.9 Å². The minimum absolute atomic E-state index is 0.221. The molecule has 150 valence electrons. The number of halogens is 1. The summed E-state index contributed by atoms with van der Waals surface area (Å²) in [6.07, 6.45) is 8.22. The van der Waals surface area contributed by atoms with Crippen LogP contribution in [0, 0.1) is 5.41 Å². The van der Waals surface area contributed by atoms with Crippen molar-refractivity contribution in [3.05, 3.63) is 75.0 Å². The number of hydrogen-bond donors (Lipinski definition) is 1. The molecule has 0 saturated heterocycles. The largest absolute Gasteiger partial charge is 0.466 e. The van der Waals surface area contributed by atoms with Crippen LogP contribution in [-0.4, -0.2) is 18.5 Å². The smallest absolute Gasteiger partial charge is 0.313 e. The number of nitrogens with two attached hydrogens (primary N) is 1. The second-order valence-corrected chi connectivity index (χ2v) is 9.18. The molecule has 0 aliphatic heterocycles. The van der Waals surface area contributed by atoms with Crippen LogP contribution in [0.25, 0.3) is 5.57 Å². The number of thiophene rings is 1. The number of allylic oxidation sites excluding steroid dienone is 4. The average molecular weight is 428 g/mol. The maximum absolute atomic E-state index is 13.0. The van der Waals surface area contributed by atoms with Crippen molar-refractivity contribution in [1.29, 1.82) is 0 Å². The minimum atomic E-state index is -0.698. The molecular weight excluding hydrogens is 406 g/mol. The second kappa shape index (κ2) is 7.47. The van der Waals surface area contributed by atoms with E-state index in [-0.39, 0.29) is 5.97 Å². The third-order valence-corrected chi connectivity index (χ3v) is 7.38. The third-order valence-electron chi connectivity index (χ3n) is 5.94. The lowest BCUT2D eigenvalue weighted by Crippen LogP contribution is -2.42. The van der Waals surface area contributed by atoms with Crippen LogP contribution in [0.2, 0.25) is 4.34 Å². The van der Waals surface area contributed by atoms with Gasteiger partial charge in [-0.05, 0) is 43.4 Å². The van der Waals surface area contributed by atoms with Crippen molar-refractivity contribution >= 4 is 40.4 Å². The van der Waals surface area contributed by atoms with Crippen molar-refractivity contribution in [2.24, 2.45) is 11.1 Å². The fourth-order valence-electron chi connectivity index (χ4n) is 4.33. The maximum Gasteiger partial charge on any atom is 0.313 e. The number of rotatable bonds is 6. The topological polar surface area (TPSA) is 69.4 Å². The predicted octanol–water partition coefficient (Wildman–Crippen LogP) is 5.13. The van der Waals surface area contributed by atoms with Crippen LogP contribution in [0.3, 0.4) is 0 Å². The summed E-state index contributed by atoms with van der Waals surface area (Å²) in [6, 6.07) is 11.7. The molecule has 29 heavy (non-hydrogen) atoms. The van der Waals surface area contributed by atoms with Gasteiger partial charge in [-0.3, -0.25) is 9.59 Å². The highest BCUT2D eigenvalue weighted by Gasteiger charge is 2.66. The summed E-state index contributed by atoms with van der Waals surface area (Å²) in [7, 11) is 0.